The van der Waals surface area contributed by atoms with Crippen molar-refractivity contribution >= 4 is 17.9 Å². The summed E-state index contributed by atoms with van der Waals surface area (Å²) in [5.41, 5.74) is 0.937. The topological polar surface area (TPSA) is 113 Å². The van der Waals surface area contributed by atoms with Crippen molar-refractivity contribution in [1.82, 2.24) is 5.32 Å². The van der Waals surface area contributed by atoms with Crippen molar-refractivity contribution in [3.63, 3.8) is 0 Å². The number of esters is 1. The second-order valence-electron chi connectivity index (χ2n) is 4.36. The van der Waals surface area contributed by atoms with Crippen molar-refractivity contribution in [2.75, 3.05) is 0 Å². The van der Waals surface area contributed by atoms with Crippen molar-refractivity contribution < 1.29 is 29.3 Å². The Balaban J connectivity index is 2.10. The standard InChI is InChI=1S/C13H13NO6/c15-10(16)6-5-9(12(17)18)14-11-7-3-1-2-4-8(7)13(19)20-11/h1-4,9,11,14H,5-6H2,(H,15,16)(H,17,18). The van der Waals surface area contributed by atoms with Crippen LogP contribution < -0.4 is 5.32 Å². The lowest BCUT2D eigenvalue weighted by Gasteiger charge is -2.18. The van der Waals surface area contributed by atoms with E-state index in [0.29, 0.717) is 11.1 Å². The predicted molar refractivity (Wildman–Crippen MR) is 66.0 cm³/mol. The summed E-state index contributed by atoms with van der Waals surface area (Å²) >= 11 is 0. The lowest BCUT2D eigenvalue weighted by Crippen LogP contribution is -2.39. The Morgan fingerprint density at radius 3 is 2.65 bits per heavy atom. The maximum atomic E-state index is 11.6. The minimum atomic E-state index is -1.19. The summed E-state index contributed by atoms with van der Waals surface area (Å²) in [7, 11) is 0. The van der Waals surface area contributed by atoms with E-state index >= 15 is 0 Å². The Labute approximate surface area is 114 Å². The molecule has 2 rings (SSSR count). The number of nitrogens with one attached hydrogen (secondary N) is 1. The highest BCUT2D eigenvalue weighted by atomic mass is 16.6. The van der Waals surface area contributed by atoms with E-state index in [1.54, 1.807) is 24.3 Å². The van der Waals surface area contributed by atoms with Gasteiger partial charge in [0, 0.05) is 12.0 Å². The summed E-state index contributed by atoms with van der Waals surface area (Å²) in [6.07, 6.45) is -1.25. The van der Waals surface area contributed by atoms with Gasteiger partial charge >= 0.3 is 17.9 Å². The van der Waals surface area contributed by atoms with Gasteiger partial charge in [0.1, 0.15) is 6.04 Å². The zero-order chi connectivity index (χ0) is 14.7. The highest BCUT2D eigenvalue weighted by Crippen LogP contribution is 2.28. The van der Waals surface area contributed by atoms with E-state index in [9.17, 15) is 14.4 Å². The molecular formula is C13H13NO6. The monoisotopic (exact) mass is 279 g/mol. The van der Waals surface area contributed by atoms with Gasteiger partial charge in [0.15, 0.2) is 6.23 Å². The van der Waals surface area contributed by atoms with Gasteiger partial charge in [0.2, 0.25) is 0 Å². The van der Waals surface area contributed by atoms with E-state index in [-0.39, 0.29) is 12.8 Å². The Kier molecular flexibility index (Phi) is 3.99. The van der Waals surface area contributed by atoms with Crippen LogP contribution in [0.5, 0.6) is 0 Å². The summed E-state index contributed by atoms with van der Waals surface area (Å²) in [6, 6.07) is 5.54. The number of aliphatic carboxylic acids is 2. The minimum Gasteiger partial charge on any atom is -0.481 e. The molecule has 0 radical (unpaired) electrons. The third-order valence-corrected chi connectivity index (χ3v) is 2.99. The van der Waals surface area contributed by atoms with Crippen LogP contribution in [0.15, 0.2) is 24.3 Å². The van der Waals surface area contributed by atoms with Crippen molar-refractivity contribution in [3.05, 3.63) is 35.4 Å². The molecule has 0 amide bonds. The fourth-order valence-electron chi connectivity index (χ4n) is 2.00. The summed E-state index contributed by atoms with van der Waals surface area (Å²) in [5.74, 6) is -2.80. The molecular weight excluding hydrogens is 266 g/mol. The number of ether oxygens (including phenoxy) is 1. The van der Waals surface area contributed by atoms with E-state index in [2.05, 4.69) is 5.32 Å². The number of cyclic esters (lactones) is 1. The molecule has 3 N–H and O–H groups in total. The Morgan fingerprint density at radius 2 is 2.00 bits per heavy atom. The number of carboxylic acid groups (broad SMARTS) is 2. The molecule has 0 saturated heterocycles. The van der Waals surface area contributed by atoms with Crippen molar-refractivity contribution in [2.45, 2.75) is 25.1 Å². The fraction of sp³-hybridized carbons (Fsp3) is 0.308. The molecule has 1 heterocycles. The van der Waals surface area contributed by atoms with Gasteiger partial charge < -0.3 is 14.9 Å². The van der Waals surface area contributed by atoms with Crippen LogP contribution >= 0.6 is 0 Å². The molecule has 7 heteroatoms. The van der Waals surface area contributed by atoms with Gasteiger partial charge in [-0.15, -0.1) is 0 Å². The molecule has 1 aliphatic rings. The average Bonchev–Trinajstić information content (AvgIpc) is 2.71. The largest absolute Gasteiger partial charge is 0.481 e. The summed E-state index contributed by atoms with van der Waals surface area (Å²) in [4.78, 5) is 33.2. The summed E-state index contributed by atoms with van der Waals surface area (Å²) < 4.78 is 5.06. The van der Waals surface area contributed by atoms with E-state index in [0.717, 1.165) is 0 Å². The number of hydrogen-bond donors (Lipinski definition) is 3. The Hall–Kier alpha value is -2.41. The minimum absolute atomic E-state index is 0.0963. The maximum Gasteiger partial charge on any atom is 0.340 e. The lowest BCUT2D eigenvalue weighted by molar-refractivity contribution is -0.141. The SMILES string of the molecule is O=C(O)CCC(NC1OC(=O)c2ccccc21)C(=O)O. The number of carboxylic acids is 2. The molecule has 2 atom stereocenters. The number of carbonyl (C=O) groups is 3. The molecule has 106 valence electrons. The highest BCUT2D eigenvalue weighted by molar-refractivity contribution is 5.94. The third kappa shape index (κ3) is 2.94. The van der Waals surface area contributed by atoms with Gasteiger partial charge in [-0.05, 0) is 12.5 Å². The smallest absolute Gasteiger partial charge is 0.340 e. The molecule has 1 aliphatic heterocycles. The van der Waals surface area contributed by atoms with E-state index < -0.39 is 30.2 Å². The molecule has 1 aromatic rings. The first-order valence-corrected chi connectivity index (χ1v) is 5.99. The van der Waals surface area contributed by atoms with Gasteiger partial charge in [-0.2, -0.15) is 0 Å². The predicted octanol–water partition coefficient (Wildman–Crippen LogP) is 0.763. The molecule has 20 heavy (non-hydrogen) atoms. The number of carbonyl (C=O) groups excluding carboxylic acids is 1. The van der Waals surface area contributed by atoms with Crippen LogP contribution in [-0.4, -0.2) is 34.2 Å². The Morgan fingerprint density at radius 1 is 1.30 bits per heavy atom. The van der Waals surface area contributed by atoms with Crippen LogP contribution in [0.4, 0.5) is 0 Å². The van der Waals surface area contributed by atoms with Crippen molar-refractivity contribution in [2.24, 2.45) is 0 Å². The first-order valence-electron chi connectivity index (χ1n) is 5.99. The second kappa shape index (κ2) is 5.70. The van der Waals surface area contributed by atoms with Crippen LogP contribution in [0.1, 0.15) is 35.0 Å². The quantitative estimate of drug-likeness (QED) is 0.659. The third-order valence-electron chi connectivity index (χ3n) is 2.99. The van der Waals surface area contributed by atoms with Crippen LogP contribution in [0.2, 0.25) is 0 Å². The second-order valence-corrected chi connectivity index (χ2v) is 4.36. The van der Waals surface area contributed by atoms with Gasteiger partial charge in [-0.25, -0.2) is 4.79 Å². The normalized spacial score (nSPS) is 18.2. The Bertz CT molecular complexity index is 556. The van der Waals surface area contributed by atoms with E-state index in [1.165, 1.54) is 0 Å². The van der Waals surface area contributed by atoms with E-state index in [4.69, 9.17) is 14.9 Å². The molecule has 0 aliphatic carbocycles. The molecule has 2 unspecified atom stereocenters. The first-order chi connectivity index (χ1) is 9.49. The van der Waals surface area contributed by atoms with Gasteiger partial charge in [-0.3, -0.25) is 14.9 Å². The number of fused-ring (bicyclic) bond motifs is 1. The molecule has 7 nitrogen and oxygen atoms in total. The summed E-state index contributed by atoms with van der Waals surface area (Å²) in [5, 5.41) is 20.3. The van der Waals surface area contributed by atoms with Gasteiger partial charge in [0.05, 0.1) is 5.56 Å². The van der Waals surface area contributed by atoms with E-state index in [1.807, 2.05) is 0 Å². The van der Waals surface area contributed by atoms with Crippen LogP contribution in [-0.2, 0) is 14.3 Å². The van der Waals surface area contributed by atoms with Crippen LogP contribution in [0, 0.1) is 0 Å². The fourth-order valence-corrected chi connectivity index (χ4v) is 2.00. The molecule has 0 aromatic heterocycles. The summed E-state index contributed by atoms with van der Waals surface area (Å²) in [6.45, 7) is 0. The van der Waals surface area contributed by atoms with Crippen molar-refractivity contribution in [1.29, 1.82) is 0 Å². The number of hydrogen-bond acceptors (Lipinski definition) is 5. The van der Waals surface area contributed by atoms with Gasteiger partial charge in [0.25, 0.3) is 0 Å². The highest BCUT2D eigenvalue weighted by Gasteiger charge is 2.33. The lowest BCUT2D eigenvalue weighted by atomic mass is 10.1. The van der Waals surface area contributed by atoms with Gasteiger partial charge in [-0.1, -0.05) is 18.2 Å². The zero-order valence-electron chi connectivity index (χ0n) is 10.4. The molecule has 0 bridgehead atoms. The van der Waals surface area contributed by atoms with Crippen molar-refractivity contribution in [3.8, 4) is 0 Å². The first kappa shape index (κ1) is 14.0. The zero-order valence-corrected chi connectivity index (χ0v) is 10.4. The number of benzene rings is 1. The maximum absolute atomic E-state index is 11.6. The molecule has 1 aromatic carbocycles. The number of rotatable bonds is 6. The van der Waals surface area contributed by atoms with Crippen LogP contribution in [0.3, 0.4) is 0 Å². The average molecular weight is 279 g/mol. The molecule has 0 fully saturated rings. The molecule has 0 saturated carbocycles. The molecule has 0 spiro atoms. The van der Waals surface area contributed by atoms with Crippen LogP contribution in [0.25, 0.3) is 0 Å².